The lowest BCUT2D eigenvalue weighted by molar-refractivity contribution is 0.0525. The van der Waals surface area contributed by atoms with E-state index in [0.717, 1.165) is 12.1 Å². The first-order valence-corrected chi connectivity index (χ1v) is 4.19. The quantitative estimate of drug-likeness (QED) is 0.685. The first kappa shape index (κ1) is 10.6. The summed E-state index contributed by atoms with van der Waals surface area (Å²) < 4.78 is 30.6. The third kappa shape index (κ3) is 2.07. The second kappa shape index (κ2) is 4.17. The molecule has 0 amide bonds. The maximum atomic E-state index is 13.0. The molecule has 0 spiro atoms. The van der Waals surface area contributed by atoms with Gasteiger partial charge in [-0.25, -0.2) is 13.6 Å². The molecule has 14 heavy (non-hydrogen) atoms. The van der Waals surface area contributed by atoms with Crippen molar-refractivity contribution in [2.24, 2.45) is 0 Å². The van der Waals surface area contributed by atoms with Gasteiger partial charge in [0.2, 0.25) is 0 Å². The Morgan fingerprint density at radius 3 is 2.29 bits per heavy atom. The molecule has 0 heterocycles. The first-order valence-electron chi connectivity index (χ1n) is 4.19. The van der Waals surface area contributed by atoms with E-state index in [1.54, 1.807) is 6.92 Å². The minimum Gasteiger partial charge on any atom is -0.462 e. The van der Waals surface area contributed by atoms with Crippen molar-refractivity contribution in [2.45, 2.75) is 13.8 Å². The van der Waals surface area contributed by atoms with Gasteiger partial charge in [-0.3, -0.25) is 0 Å². The van der Waals surface area contributed by atoms with Gasteiger partial charge < -0.3 is 4.74 Å². The fourth-order valence-electron chi connectivity index (χ4n) is 0.978. The van der Waals surface area contributed by atoms with Crippen LogP contribution in [0.5, 0.6) is 0 Å². The van der Waals surface area contributed by atoms with Crippen LogP contribution >= 0.6 is 0 Å². The molecule has 0 radical (unpaired) electrons. The standard InChI is InChI=1S/C10H10F2O2/c1-3-14-10(13)7-4-8(11)6(2)9(12)5-7/h4-5H,3H2,1-2H3. The lowest BCUT2D eigenvalue weighted by Crippen LogP contribution is -2.06. The molecule has 0 unspecified atom stereocenters. The Bertz CT molecular complexity index is 338. The van der Waals surface area contributed by atoms with E-state index in [9.17, 15) is 13.6 Å². The first-order chi connectivity index (χ1) is 6.56. The van der Waals surface area contributed by atoms with Gasteiger partial charge in [-0.2, -0.15) is 0 Å². The van der Waals surface area contributed by atoms with Gasteiger partial charge in [0.1, 0.15) is 11.6 Å². The number of halogens is 2. The van der Waals surface area contributed by atoms with Crippen molar-refractivity contribution in [3.8, 4) is 0 Å². The summed E-state index contributed by atoms with van der Waals surface area (Å²) in [7, 11) is 0. The molecule has 0 N–H and O–H groups in total. The molecule has 0 aliphatic rings. The molecule has 0 bridgehead atoms. The molecule has 0 aromatic heterocycles. The number of carbonyl (C=O) groups excluding carboxylic acids is 1. The molecule has 1 aromatic rings. The summed E-state index contributed by atoms with van der Waals surface area (Å²) in [4.78, 5) is 11.1. The van der Waals surface area contributed by atoms with Gasteiger partial charge in [0.15, 0.2) is 0 Å². The number of carbonyl (C=O) groups is 1. The van der Waals surface area contributed by atoms with E-state index >= 15 is 0 Å². The van der Waals surface area contributed by atoms with Gasteiger partial charge >= 0.3 is 5.97 Å². The molecular formula is C10H10F2O2. The van der Waals surface area contributed by atoms with Gasteiger partial charge in [-0.1, -0.05) is 0 Å². The van der Waals surface area contributed by atoms with E-state index in [1.165, 1.54) is 6.92 Å². The molecule has 1 aromatic carbocycles. The van der Waals surface area contributed by atoms with Crippen molar-refractivity contribution in [3.63, 3.8) is 0 Å². The van der Waals surface area contributed by atoms with Crippen LogP contribution < -0.4 is 0 Å². The summed E-state index contributed by atoms with van der Waals surface area (Å²) in [5, 5.41) is 0. The van der Waals surface area contributed by atoms with Crippen molar-refractivity contribution < 1.29 is 18.3 Å². The summed E-state index contributed by atoms with van der Waals surface area (Å²) in [6.07, 6.45) is 0. The number of benzene rings is 1. The molecule has 2 nitrogen and oxygen atoms in total. The highest BCUT2D eigenvalue weighted by molar-refractivity contribution is 5.89. The highest BCUT2D eigenvalue weighted by Crippen LogP contribution is 2.14. The summed E-state index contributed by atoms with van der Waals surface area (Å²) >= 11 is 0. The van der Waals surface area contributed by atoms with Crippen LogP contribution in [-0.2, 0) is 4.74 Å². The zero-order valence-electron chi connectivity index (χ0n) is 7.93. The average Bonchev–Trinajstić information content (AvgIpc) is 2.13. The number of hydrogen-bond acceptors (Lipinski definition) is 2. The van der Waals surface area contributed by atoms with E-state index in [2.05, 4.69) is 4.74 Å². The van der Waals surface area contributed by atoms with Crippen LogP contribution in [0.3, 0.4) is 0 Å². The number of hydrogen-bond donors (Lipinski definition) is 0. The number of esters is 1. The summed E-state index contributed by atoms with van der Waals surface area (Å²) in [6, 6.07) is 1.94. The van der Waals surface area contributed by atoms with Crippen molar-refractivity contribution in [2.75, 3.05) is 6.61 Å². The van der Waals surface area contributed by atoms with Crippen LogP contribution in [0.1, 0.15) is 22.8 Å². The van der Waals surface area contributed by atoms with E-state index < -0.39 is 17.6 Å². The smallest absolute Gasteiger partial charge is 0.338 e. The van der Waals surface area contributed by atoms with E-state index in [0.29, 0.717) is 0 Å². The van der Waals surface area contributed by atoms with Gasteiger partial charge in [-0.05, 0) is 26.0 Å². The van der Waals surface area contributed by atoms with Gasteiger partial charge in [-0.15, -0.1) is 0 Å². The molecule has 1 rings (SSSR count). The highest BCUT2D eigenvalue weighted by atomic mass is 19.1. The van der Waals surface area contributed by atoms with Crippen molar-refractivity contribution >= 4 is 5.97 Å². The monoisotopic (exact) mass is 200 g/mol. The number of ether oxygens (including phenoxy) is 1. The van der Waals surface area contributed by atoms with Crippen molar-refractivity contribution in [3.05, 3.63) is 34.9 Å². The highest BCUT2D eigenvalue weighted by Gasteiger charge is 2.12. The predicted molar refractivity (Wildman–Crippen MR) is 47.1 cm³/mol. The zero-order chi connectivity index (χ0) is 10.7. The molecule has 76 valence electrons. The van der Waals surface area contributed by atoms with Crippen molar-refractivity contribution in [1.29, 1.82) is 0 Å². The van der Waals surface area contributed by atoms with Gasteiger partial charge in [0.05, 0.1) is 12.2 Å². The molecule has 0 fully saturated rings. The van der Waals surface area contributed by atoms with E-state index in [4.69, 9.17) is 0 Å². The van der Waals surface area contributed by atoms with E-state index in [-0.39, 0.29) is 17.7 Å². The predicted octanol–water partition coefficient (Wildman–Crippen LogP) is 2.45. The minimum absolute atomic E-state index is 0.0990. The largest absolute Gasteiger partial charge is 0.462 e. The molecule has 0 atom stereocenters. The Morgan fingerprint density at radius 1 is 1.36 bits per heavy atom. The second-order valence-electron chi connectivity index (χ2n) is 2.79. The second-order valence-corrected chi connectivity index (χ2v) is 2.79. The average molecular weight is 200 g/mol. The van der Waals surface area contributed by atoms with E-state index in [1.807, 2.05) is 0 Å². The molecule has 0 saturated carbocycles. The number of rotatable bonds is 2. The Morgan fingerprint density at radius 2 is 1.86 bits per heavy atom. The lowest BCUT2D eigenvalue weighted by atomic mass is 10.1. The fourth-order valence-corrected chi connectivity index (χ4v) is 0.978. The lowest BCUT2D eigenvalue weighted by Gasteiger charge is -2.04. The van der Waals surface area contributed by atoms with Crippen LogP contribution in [-0.4, -0.2) is 12.6 Å². The van der Waals surface area contributed by atoms with Crippen LogP contribution in [0, 0.1) is 18.6 Å². The van der Waals surface area contributed by atoms with Crippen molar-refractivity contribution in [1.82, 2.24) is 0 Å². The Labute approximate surface area is 80.5 Å². The topological polar surface area (TPSA) is 26.3 Å². The van der Waals surface area contributed by atoms with Crippen LogP contribution in [0.4, 0.5) is 8.78 Å². The normalized spacial score (nSPS) is 10.0. The Balaban J connectivity index is 3.06. The molecule has 0 aliphatic heterocycles. The Hall–Kier alpha value is -1.45. The van der Waals surface area contributed by atoms with Gasteiger partial charge in [0.25, 0.3) is 0 Å². The van der Waals surface area contributed by atoms with Gasteiger partial charge in [0, 0.05) is 5.56 Å². The maximum absolute atomic E-state index is 13.0. The molecular weight excluding hydrogens is 190 g/mol. The molecule has 4 heteroatoms. The van der Waals surface area contributed by atoms with Crippen LogP contribution in [0.15, 0.2) is 12.1 Å². The van der Waals surface area contributed by atoms with Crippen LogP contribution in [0.2, 0.25) is 0 Å². The third-order valence-corrected chi connectivity index (χ3v) is 1.79. The molecule has 0 saturated heterocycles. The summed E-state index contributed by atoms with van der Waals surface area (Å²) in [5.41, 5.74) is -0.203. The minimum atomic E-state index is -0.743. The summed E-state index contributed by atoms with van der Waals surface area (Å²) in [5.74, 6) is -2.20. The summed E-state index contributed by atoms with van der Waals surface area (Å²) in [6.45, 7) is 3.11. The zero-order valence-corrected chi connectivity index (χ0v) is 7.93. The fraction of sp³-hybridized carbons (Fsp3) is 0.300. The Kier molecular flexibility index (Phi) is 3.17. The molecule has 0 aliphatic carbocycles. The third-order valence-electron chi connectivity index (χ3n) is 1.79. The SMILES string of the molecule is CCOC(=O)c1cc(F)c(C)c(F)c1. The maximum Gasteiger partial charge on any atom is 0.338 e. The van der Waals surface area contributed by atoms with Crippen LogP contribution in [0.25, 0.3) is 0 Å².